The number of amides is 1. The molecule has 0 fully saturated rings. The minimum Gasteiger partial charge on any atom is -0.389 e. The number of carbonyl (C=O) groups excluding carboxylic acids is 1. The van der Waals surface area contributed by atoms with Crippen LogP contribution in [0.5, 0.6) is 0 Å². The number of para-hydroxylation sites is 1. The second kappa shape index (κ2) is 6.20. The molecular formula is C12H17N3OS. The molecule has 0 aliphatic rings. The maximum Gasteiger partial charge on any atom is 0.242 e. The summed E-state index contributed by atoms with van der Waals surface area (Å²) in [6, 6.07) is 7.08. The van der Waals surface area contributed by atoms with E-state index in [9.17, 15) is 4.79 Å². The van der Waals surface area contributed by atoms with Gasteiger partial charge in [-0.15, -0.1) is 0 Å². The van der Waals surface area contributed by atoms with E-state index in [1.54, 1.807) is 6.92 Å². The molecule has 0 spiro atoms. The minimum atomic E-state index is -0.328. The lowest BCUT2D eigenvalue weighted by molar-refractivity contribution is -0.121. The summed E-state index contributed by atoms with van der Waals surface area (Å²) in [5.74, 6) is -0.0507. The van der Waals surface area contributed by atoms with Crippen molar-refractivity contribution in [3.8, 4) is 0 Å². The van der Waals surface area contributed by atoms with Crippen LogP contribution < -0.4 is 16.4 Å². The molecule has 0 aliphatic heterocycles. The van der Waals surface area contributed by atoms with Gasteiger partial charge in [-0.2, -0.15) is 0 Å². The zero-order chi connectivity index (χ0) is 12.8. The van der Waals surface area contributed by atoms with Crippen LogP contribution in [-0.2, 0) is 4.79 Å². The van der Waals surface area contributed by atoms with E-state index in [1.165, 1.54) is 0 Å². The third-order valence-corrected chi connectivity index (χ3v) is 2.53. The Hall–Kier alpha value is -1.62. The molecule has 4 nitrogen and oxygen atoms in total. The van der Waals surface area contributed by atoms with Crippen LogP contribution in [0.4, 0.5) is 5.69 Å². The van der Waals surface area contributed by atoms with Crippen molar-refractivity contribution in [2.45, 2.75) is 19.9 Å². The van der Waals surface area contributed by atoms with E-state index in [2.05, 4.69) is 10.6 Å². The summed E-state index contributed by atoms with van der Waals surface area (Å²) >= 11 is 4.96. The zero-order valence-corrected chi connectivity index (χ0v) is 10.8. The van der Waals surface area contributed by atoms with Crippen molar-refractivity contribution in [3.63, 3.8) is 0 Å². The lowest BCUT2D eigenvalue weighted by Gasteiger charge is -2.16. The fraction of sp³-hybridized carbons (Fsp3) is 0.333. The van der Waals surface area contributed by atoms with Crippen molar-refractivity contribution in [2.24, 2.45) is 5.73 Å². The number of thiocarbonyl (C=S) groups is 1. The third-order valence-electron chi connectivity index (χ3n) is 2.31. The van der Waals surface area contributed by atoms with Crippen LogP contribution >= 0.6 is 12.2 Å². The van der Waals surface area contributed by atoms with Crippen molar-refractivity contribution in [1.29, 1.82) is 0 Å². The highest BCUT2D eigenvalue weighted by Crippen LogP contribution is 2.15. The summed E-state index contributed by atoms with van der Waals surface area (Å²) in [5, 5.41) is 5.85. The van der Waals surface area contributed by atoms with E-state index in [-0.39, 0.29) is 11.9 Å². The molecule has 1 unspecified atom stereocenters. The van der Waals surface area contributed by atoms with Crippen molar-refractivity contribution in [2.75, 3.05) is 11.9 Å². The van der Waals surface area contributed by atoms with Gasteiger partial charge < -0.3 is 16.4 Å². The maximum absolute atomic E-state index is 11.6. The van der Waals surface area contributed by atoms with E-state index < -0.39 is 0 Å². The highest BCUT2D eigenvalue weighted by molar-refractivity contribution is 7.80. The van der Waals surface area contributed by atoms with Crippen molar-refractivity contribution >= 4 is 28.8 Å². The highest BCUT2D eigenvalue weighted by atomic mass is 32.1. The molecule has 0 saturated heterocycles. The fourth-order valence-corrected chi connectivity index (χ4v) is 1.63. The van der Waals surface area contributed by atoms with Gasteiger partial charge in [0.25, 0.3) is 0 Å². The smallest absolute Gasteiger partial charge is 0.242 e. The Kier molecular flexibility index (Phi) is 4.90. The fourth-order valence-electron chi connectivity index (χ4n) is 1.45. The molecule has 1 aromatic carbocycles. The van der Waals surface area contributed by atoms with Crippen LogP contribution in [-0.4, -0.2) is 23.5 Å². The first-order valence-electron chi connectivity index (χ1n) is 5.49. The van der Waals surface area contributed by atoms with Gasteiger partial charge in [0.2, 0.25) is 5.91 Å². The van der Waals surface area contributed by atoms with Crippen molar-refractivity contribution in [3.05, 3.63) is 29.8 Å². The van der Waals surface area contributed by atoms with E-state index in [4.69, 9.17) is 18.0 Å². The molecule has 1 amide bonds. The maximum atomic E-state index is 11.6. The lowest BCUT2D eigenvalue weighted by Crippen LogP contribution is -2.37. The Labute approximate surface area is 107 Å². The number of anilines is 1. The average molecular weight is 251 g/mol. The molecule has 1 atom stereocenters. The predicted molar refractivity (Wildman–Crippen MR) is 74.1 cm³/mol. The van der Waals surface area contributed by atoms with Crippen LogP contribution in [0.15, 0.2) is 24.3 Å². The first kappa shape index (κ1) is 13.4. The van der Waals surface area contributed by atoms with Crippen LogP contribution in [0.3, 0.4) is 0 Å². The predicted octanol–water partition coefficient (Wildman–Crippen LogP) is 1.26. The van der Waals surface area contributed by atoms with Gasteiger partial charge in [0.05, 0.1) is 0 Å². The number of nitrogens with one attached hydrogen (secondary N) is 2. The van der Waals surface area contributed by atoms with Gasteiger partial charge in [0, 0.05) is 17.8 Å². The van der Waals surface area contributed by atoms with E-state index in [1.807, 2.05) is 31.2 Å². The molecule has 4 N–H and O–H groups in total. The number of hydrogen-bond donors (Lipinski definition) is 3. The van der Waals surface area contributed by atoms with Crippen LogP contribution in [0.1, 0.15) is 19.4 Å². The summed E-state index contributed by atoms with van der Waals surface area (Å²) in [6.07, 6.45) is 0. The van der Waals surface area contributed by atoms with Gasteiger partial charge in [0.1, 0.15) is 11.0 Å². The largest absolute Gasteiger partial charge is 0.389 e. The van der Waals surface area contributed by atoms with Crippen molar-refractivity contribution in [1.82, 2.24) is 5.32 Å². The SMILES string of the molecule is CCNC(=O)C(C)Nc1ccccc1C(N)=S. The highest BCUT2D eigenvalue weighted by Gasteiger charge is 2.13. The molecular weight excluding hydrogens is 234 g/mol. The Morgan fingerprint density at radius 3 is 2.71 bits per heavy atom. The normalized spacial score (nSPS) is 11.6. The Morgan fingerprint density at radius 2 is 2.12 bits per heavy atom. The number of rotatable bonds is 5. The number of likely N-dealkylation sites (N-methyl/N-ethyl adjacent to an activating group) is 1. The molecule has 0 aromatic heterocycles. The van der Waals surface area contributed by atoms with E-state index in [0.717, 1.165) is 11.3 Å². The molecule has 0 saturated carbocycles. The standard InChI is InChI=1S/C12H17N3OS/c1-3-14-12(16)8(2)15-10-7-5-4-6-9(10)11(13)17/h4-8,15H,3H2,1-2H3,(H2,13,17)(H,14,16). The lowest BCUT2D eigenvalue weighted by atomic mass is 10.1. The second-order valence-corrected chi connectivity index (χ2v) is 4.11. The summed E-state index contributed by atoms with van der Waals surface area (Å²) in [4.78, 5) is 11.9. The molecule has 5 heteroatoms. The van der Waals surface area contributed by atoms with Gasteiger partial charge in [-0.3, -0.25) is 4.79 Å². The van der Waals surface area contributed by atoms with Gasteiger partial charge in [-0.1, -0.05) is 24.4 Å². The molecule has 0 heterocycles. The van der Waals surface area contributed by atoms with E-state index >= 15 is 0 Å². The number of benzene rings is 1. The van der Waals surface area contributed by atoms with E-state index in [0.29, 0.717) is 11.5 Å². The number of nitrogens with two attached hydrogens (primary N) is 1. The summed E-state index contributed by atoms with van der Waals surface area (Å²) < 4.78 is 0. The summed E-state index contributed by atoms with van der Waals surface area (Å²) in [5.41, 5.74) is 7.14. The molecule has 0 bridgehead atoms. The molecule has 0 aliphatic carbocycles. The number of hydrogen-bond acceptors (Lipinski definition) is 3. The Balaban J connectivity index is 2.81. The third kappa shape index (κ3) is 3.71. The monoisotopic (exact) mass is 251 g/mol. The van der Waals surface area contributed by atoms with Gasteiger partial charge in [0.15, 0.2) is 0 Å². The van der Waals surface area contributed by atoms with Crippen molar-refractivity contribution < 1.29 is 4.79 Å². The first-order chi connectivity index (χ1) is 8.06. The van der Waals surface area contributed by atoms with Crippen LogP contribution in [0.25, 0.3) is 0 Å². The quantitative estimate of drug-likeness (QED) is 0.689. The average Bonchev–Trinajstić information content (AvgIpc) is 2.29. The van der Waals surface area contributed by atoms with Crippen LogP contribution in [0.2, 0.25) is 0 Å². The van der Waals surface area contributed by atoms with Crippen LogP contribution in [0, 0.1) is 0 Å². The molecule has 92 valence electrons. The van der Waals surface area contributed by atoms with Gasteiger partial charge >= 0.3 is 0 Å². The van der Waals surface area contributed by atoms with Gasteiger partial charge in [-0.05, 0) is 26.0 Å². The summed E-state index contributed by atoms with van der Waals surface area (Å²) in [7, 11) is 0. The Bertz CT molecular complexity index is 420. The molecule has 0 radical (unpaired) electrons. The summed E-state index contributed by atoms with van der Waals surface area (Å²) in [6.45, 7) is 4.29. The second-order valence-electron chi connectivity index (χ2n) is 3.67. The zero-order valence-electron chi connectivity index (χ0n) is 9.99. The molecule has 1 aromatic rings. The number of carbonyl (C=O) groups is 1. The topological polar surface area (TPSA) is 67.2 Å². The molecule has 17 heavy (non-hydrogen) atoms. The van der Waals surface area contributed by atoms with Gasteiger partial charge in [-0.25, -0.2) is 0 Å². The first-order valence-corrected chi connectivity index (χ1v) is 5.90. The Morgan fingerprint density at radius 1 is 1.47 bits per heavy atom. The molecule has 1 rings (SSSR count). The minimum absolute atomic E-state index is 0.0507.